The third-order valence-corrected chi connectivity index (χ3v) is 3.65. The van der Waals surface area contributed by atoms with Gasteiger partial charge in [0.2, 0.25) is 0 Å². The maximum Gasteiger partial charge on any atom is 0.146 e. The van der Waals surface area contributed by atoms with E-state index in [4.69, 9.17) is 5.73 Å². The van der Waals surface area contributed by atoms with E-state index in [1.807, 2.05) is 29.5 Å². The topological polar surface area (TPSA) is 29.3 Å². The first-order chi connectivity index (χ1) is 9.04. The maximum atomic E-state index is 13.8. The number of hydrogen-bond donors (Lipinski definition) is 1. The number of halogens is 3. The van der Waals surface area contributed by atoms with Crippen molar-refractivity contribution in [3.63, 3.8) is 0 Å². The van der Waals surface area contributed by atoms with Crippen molar-refractivity contribution in [1.82, 2.24) is 0 Å². The molecule has 2 aromatic rings. The van der Waals surface area contributed by atoms with Crippen LogP contribution < -0.4 is 10.6 Å². The Morgan fingerprint density at radius 2 is 1.79 bits per heavy atom. The highest BCUT2D eigenvalue weighted by atomic mass is 127. The van der Waals surface area contributed by atoms with Crippen LogP contribution in [0.4, 0.5) is 25.8 Å². The molecular formula is C14H13F2IN2. The molecule has 0 unspecified atom stereocenters. The summed E-state index contributed by atoms with van der Waals surface area (Å²) in [5.74, 6) is -0.720. The molecule has 0 spiro atoms. The van der Waals surface area contributed by atoms with Crippen molar-refractivity contribution in [1.29, 1.82) is 0 Å². The average Bonchev–Trinajstić information content (AvgIpc) is 2.38. The highest BCUT2D eigenvalue weighted by Crippen LogP contribution is 2.33. The van der Waals surface area contributed by atoms with Crippen LogP contribution in [0.15, 0.2) is 36.4 Å². The van der Waals surface area contributed by atoms with Gasteiger partial charge in [0.15, 0.2) is 0 Å². The molecule has 0 fully saturated rings. The largest absolute Gasteiger partial charge is 0.397 e. The second-order valence-electron chi connectivity index (χ2n) is 4.02. The molecule has 0 aromatic heterocycles. The van der Waals surface area contributed by atoms with Crippen LogP contribution in [-0.2, 0) is 0 Å². The van der Waals surface area contributed by atoms with E-state index in [1.54, 1.807) is 29.2 Å². The molecule has 2 rings (SSSR count). The second kappa shape index (κ2) is 5.73. The predicted molar refractivity (Wildman–Crippen MR) is 82.6 cm³/mol. The number of rotatable bonds is 3. The standard InChI is InChI=1S/C14H13F2IN2/c1-2-19(13-6-4-3-5-9(13)15)14-7-10(16)11(17)8-12(14)18/h3-8H,2,18H2,1H3. The number of nitrogens with two attached hydrogens (primary N) is 1. The van der Waals surface area contributed by atoms with Crippen LogP contribution in [0.1, 0.15) is 6.92 Å². The van der Waals surface area contributed by atoms with Gasteiger partial charge in [0.1, 0.15) is 11.6 Å². The van der Waals surface area contributed by atoms with Gasteiger partial charge < -0.3 is 10.6 Å². The molecule has 0 aliphatic carbocycles. The lowest BCUT2D eigenvalue weighted by Gasteiger charge is -2.25. The molecule has 0 aliphatic rings. The lowest BCUT2D eigenvalue weighted by Crippen LogP contribution is -2.19. The normalized spacial score (nSPS) is 10.5. The molecular weight excluding hydrogens is 361 g/mol. The highest BCUT2D eigenvalue weighted by molar-refractivity contribution is 14.1. The molecule has 2 N–H and O–H groups in total. The van der Waals surface area contributed by atoms with Crippen LogP contribution in [0.2, 0.25) is 0 Å². The molecule has 2 aromatic carbocycles. The minimum absolute atomic E-state index is 0.359. The van der Waals surface area contributed by atoms with E-state index >= 15 is 0 Å². The highest BCUT2D eigenvalue weighted by Gasteiger charge is 2.16. The minimum Gasteiger partial charge on any atom is -0.397 e. The Morgan fingerprint density at radius 1 is 1.11 bits per heavy atom. The first-order valence-corrected chi connectivity index (χ1v) is 6.89. The van der Waals surface area contributed by atoms with Gasteiger partial charge in [-0.15, -0.1) is 0 Å². The van der Waals surface area contributed by atoms with Gasteiger partial charge in [-0.05, 0) is 47.7 Å². The Morgan fingerprint density at radius 3 is 2.42 bits per heavy atom. The molecule has 100 valence electrons. The van der Waals surface area contributed by atoms with E-state index < -0.39 is 0 Å². The predicted octanol–water partition coefficient (Wildman–Crippen LogP) is 4.31. The van der Waals surface area contributed by atoms with Gasteiger partial charge in [0, 0.05) is 12.6 Å². The van der Waals surface area contributed by atoms with Crippen molar-refractivity contribution < 1.29 is 8.78 Å². The smallest absolute Gasteiger partial charge is 0.146 e. The second-order valence-corrected chi connectivity index (χ2v) is 5.18. The SMILES string of the molecule is CCN(c1cc(F)c(I)cc1N)c1ccccc1F. The lowest BCUT2D eigenvalue weighted by molar-refractivity contribution is 0.617. The van der Waals surface area contributed by atoms with Crippen LogP contribution in [0, 0.1) is 15.2 Å². The lowest BCUT2D eigenvalue weighted by atomic mass is 10.2. The Hall–Kier alpha value is -1.37. The van der Waals surface area contributed by atoms with Crippen molar-refractivity contribution in [3.05, 3.63) is 51.6 Å². The Balaban J connectivity index is 2.55. The third kappa shape index (κ3) is 2.80. The van der Waals surface area contributed by atoms with Crippen LogP contribution in [0.3, 0.4) is 0 Å². The summed E-state index contributed by atoms with van der Waals surface area (Å²) in [4.78, 5) is 1.66. The molecule has 0 bridgehead atoms. The molecule has 5 heteroatoms. The quantitative estimate of drug-likeness (QED) is 0.641. The van der Waals surface area contributed by atoms with Gasteiger partial charge in [0.25, 0.3) is 0 Å². The summed E-state index contributed by atoms with van der Waals surface area (Å²) in [6.07, 6.45) is 0. The molecule has 0 heterocycles. The molecule has 0 radical (unpaired) electrons. The number of anilines is 3. The monoisotopic (exact) mass is 374 g/mol. The van der Waals surface area contributed by atoms with E-state index in [9.17, 15) is 8.78 Å². The summed E-state index contributed by atoms with van der Waals surface area (Å²) in [5.41, 5.74) is 7.21. The van der Waals surface area contributed by atoms with E-state index in [1.165, 1.54) is 12.1 Å². The third-order valence-electron chi connectivity index (χ3n) is 2.82. The Kier molecular flexibility index (Phi) is 4.24. The van der Waals surface area contributed by atoms with Crippen molar-refractivity contribution >= 4 is 39.7 Å². The van der Waals surface area contributed by atoms with Crippen LogP contribution in [0.25, 0.3) is 0 Å². The molecule has 0 saturated carbocycles. The molecule has 2 nitrogen and oxygen atoms in total. The van der Waals surface area contributed by atoms with Crippen molar-refractivity contribution in [2.45, 2.75) is 6.92 Å². The van der Waals surface area contributed by atoms with Gasteiger partial charge in [-0.2, -0.15) is 0 Å². The van der Waals surface area contributed by atoms with E-state index in [2.05, 4.69) is 0 Å². The zero-order valence-corrected chi connectivity index (χ0v) is 12.5. The summed E-state index contributed by atoms with van der Waals surface area (Å²) >= 11 is 1.88. The number of benzene rings is 2. The average molecular weight is 374 g/mol. The Bertz CT molecular complexity index is 602. The maximum absolute atomic E-state index is 13.8. The number of para-hydroxylation sites is 1. The summed E-state index contributed by atoms with van der Waals surface area (Å²) in [6, 6.07) is 9.26. The van der Waals surface area contributed by atoms with Gasteiger partial charge in [-0.1, -0.05) is 12.1 Å². The number of hydrogen-bond acceptors (Lipinski definition) is 2. The van der Waals surface area contributed by atoms with Gasteiger partial charge in [-0.3, -0.25) is 0 Å². The summed E-state index contributed by atoms with van der Waals surface area (Å²) in [6.45, 7) is 2.35. The van der Waals surface area contributed by atoms with E-state index in [0.29, 0.717) is 27.2 Å². The summed E-state index contributed by atoms with van der Waals surface area (Å²) < 4.78 is 28.0. The number of nitrogens with zero attached hydrogens (tertiary/aromatic N) is 1. The zero-order valence-electron chi connectivity index (χ0n) is 10.3. The molecule has 0 atom stereocenters. The summed E-state index contributed by atoms with van der Waals surface area (Å²) in [7, 11) is 0. The number of nitrogen functional groups attached to an aromatic ring is 1. The molecule has 0 saturated heterocycles. The van der Waals surface area contributed by atoms with Crippen molar-refractivity contribution in [2.75, 3.05) is 17.2 Å². The fourth-order valence-corrected chi connectivity index (χ4v) is 2.42. The first-order valence-electron chi connectivity index (χ1n) is 5.81. The van der Waals surface area contributed by atoms with E-state index in [-0.39, 0.29) is 11.6 Å². The van der Waals surface area contributed by atoms with Gasteiger partial charge in [-0.25, -0.2) is 8.78 Å². The van der Waals surface area contributed by atoms with Crippen molar-refractivity contribution in [2.24, 2.45) is 0 Å². The first kappa shape index (κ1) is 14.0. The molecule has 19 heavy (non-hydrogen) atoms. The molecule has 0 aliphatic heterocycles. The molecule has 0 amide bonds. The Labute approximate surface area is 124 Å². The van der Waals surface area contributed by atoms with Crippen LogP contribution in [0.5, 0.6) is 0 Å². The van der Waals surface area contributed by atoms with Gasteiger partial charge >= 0.3 is 0 Å². The van der Waals surface area contributed by atoms with Crippen LogP contribution in [-0.4, -0.2) is 6.54 Å². The fourth-order valence-electron chi connectivity index (χ4n) is 1.93. The minimum atomic E-state index is -0.361. The summed E-state index contributed by atoms with van der Waals surface area (Å²) in [5, 5.41) is 0. The van der Waals surface area contributed by atoms with Crippen molar-refractivity contribution in [3.8, 4) is 0 Å². The van der Waals surface area contributed by atoms with Crippen LogP contribution >= 0.6 is 22.6 Å². The van der Waals surface area contributed by atoms with Gasteiger partial charge in [0.05, 0.1) is 20.6 Å². The fraction of sp³-hybridized carbons (Fsp3) is 0.143. The zero-order chi connectivity index (χ0) is 14.0. The van der Waals surface area contributed by atoms with E-state index in [0.717, 1.165) is 0 Å².